The number of carbonyl (C=O) groups excluding carboxylic acids is 2. The van der Waals surface area contributed by atoms with E-state index in [-0.39, 0.29) is 18.2 Å². The Kier molecular flexibility index (Phi) is 4.18. The molecule has 2 N–H and O–H groups in total. The minimum atomic E-state index is -1.00. The molecule has 1 aromatic carbocycles. The lowest BCUT2D eigenvalue weighted by molar-refractivity contribution is -0.153. The Hall–Kier alpha value is -2.57. The van der Waals surface area contributed by atoms with E-state index in [1.807, 2.05) is 0 Å². The molecule has 2 amide bonds. The van der Waals surface area contributed by atoms with Crippen LogP contribution in [0.25, 0.3) is 0 Å². The van der Waals surface area contributed by atoms with E-state index >= 15 is 0 Å². The van der Waals surface area contributed by atoms with Crippen LogP contribution >= 0.6 is 0 Å². The number of rotatable bonds is 3. The first kappa shape index (κ1) is 15.3. The predicted molar refractivity (Wildman–Crippen MR) is 81.1 cm³/mol. The summed E-state index contributed by atoms with van der Waals surface area (Å²) < 4.78 is 5.59. The highest BCUT2D eigenvalue weighted by molar-refractivity contribution is 6.00. The molecule has 0 aliphatic carbocycles. The molecule has 2 unspecified atom stereocenters. The Bertz CT molecular complexity index is 645. The largest absolute Gasteiger partial charge is 0.480 e. The van der Waals surface area contributed by atoms with Gasteiger partial charge in [0.1, 0.15) is 11.8 Å². The summed E-state index contributed by atoms with van der Waals surface area (Å²) in [6, 6.07) is 6.18. The van der Waals surface area contributed by atoms with Crippen LogP contribution < -0.4 is 10.1 Å². The van der Waals surface area contributed by atoms with Gasteiger partial charge in [-0.3, -0.25) is 9.59 Å². The van der Waals surface area contributed by atoms with Crippen molar-refractivity contribution in [3.63, 3.8) is 0 Å². The summed E-state index contributed by atoms with van der Waals surface area (Å²) in [7, 11) is 0. The van der Waals surface area contributed by atoms with E-state index in [0.29, 0.717) is 24.4 Å². The van der Waals surface area contributed by atoms with E-state index < -0.39 is 18.1 Å². The second kappa shape index (κ2) is 6.28. The molecule has 2 atom stereocenters. The zero-order valence-corrected chi connectivity index (χ0v) is 12.5. The number of carboxylic acids is 1. The number of fused-ring (bicyclic) bond motifs is 1. The fourth-order valence-corrected chi connectivity index (χ4v) is 2.99. The van der Waals surface area contributed by atoms with Gasteiger partial charge < -0.3 is 20.1 Å². The molecule has 122 valence electrons. The maximum atomic E-state index is 12.4. The summed E-state index contributed by atoms with van der Waals surface area (Å²) in [5, 5.41) is 11.9. The van der Waals surface area contributed by atoms with Crippen molar-refractivity contribution in [1.29, 1.82) is 0 Å². The molecule has 0 aromatic heterocycles. The van der Waals surface area contributed by atoms with Crippen molar-refractivity contribution in [2.24, 2.45) is 0 Å². The molecule has 7 heteroatoms. The summed E-state index contributed by atoms with van der Waals surface area (Å²) >= 11 is 0. The second-order valence-corrected chi connectivity index (χ2v) is 5.73. The number of nitrogens with one attached hydrogen (secondary N) is 1. The fraction of sp³-hybridized carbons (Fsp3) is 0.438. The van der Waals surface area contributed by atoms with Crippen molar-refractivity contribution in [2.45, 2.75) is 37.8 Å². The highest BCUT2D eigenvalue weighted by Gasteiger charge is 2.36. The lowest BCUT2D eigenvalue weighted by atomic mass is 10.0. The molecule has 1 fully saturated rings. The Morgan fingerprint density at radius 2 is 2.09 bits per heavy atom. The lowest BCUT2D eigenvalue weighted by Crippen LogP contribution is -2.50. The van der Waals surface area contributed by atoms with E-state index in [2.05, 4.69) is 5.32 Å². The molecule has 7 nitrogen and oxygen atoms in total. The third kappa shape index (κ3) is 3.13. The van der Waals surface area contributed by atoms with Crippen molar-refractivity contribution in [1.82, 2.24) is 4.90 Å². The number of aliphatic carboxylic acids is 1. The van der Waals surface area contributed by atoms with Crippen LogP contribution in [0.4, 0.5) is 5.69 Å². The van der Waals surface area contributed by atoms with Crippen LogP contribution in [0, 0.1) is 0 Å². The zero-order chi connectivity index (χ0) is 16.4. The lowest BCUT2D eigenvalue weighted by Gasteiger charge is -2.34. The molecule has 1 aromatic rings. The van der Waals surface area contributed by atoms with Crippen LogP contribution in [0.5, 0.6) is 5.75 Å². The van der Waals surface area contributed by atoms with Gasteiger partial charge in [-0.05, 0) is 31.4 Å². The minimum absolute atomic E-state index is 0.163. The topological polar surface area (TPSA) is 95.9 Å². The van der Waals surface area contributed by atoms with Crippen LogP contribution in [0.3, 0.4) is 0 Å². The fourth-order valence-electron chi connectivity index (χ4n) is 2.99. The van der Waals surface area contributed by atoms with E-state index in [1.54, 1.807) is 24.3 Å². The number of piperidine rings is 1. The quantitative estimate of drug-likeness (QED) is 0.874. The van der Waals surface area contributed by atoms with Crippen molar-refractivity contribution in [3.05, 3.63) is 24.3 Å². The summed E-state index contributed by atoms with van der Waals surface area (Å²) in [5.41, 5.74) is 0.572. The number of ether oxygens (including phenoxy) is 1. The second-order valence-electron chi connectivity index (χ2n) is 5.73. The molecule has 2 heterocycles. The highest BCUT2D eigenvalue weighted by Crippen LogP contribution is 2.30. The molecule has 0 spiro atoms. The van der Waals surface area contributed by atoms with Crippen molar-refractivity contribution in [3.8, 4) is 5.75 Å². The van der Waals surface area contributed by atoms with Gasteiger partial charge >= 0.3 is 5.97 Å². The van der Waals surface area contributed by atoms with E-state index in [4.69, 9.17) is 4.74 Å². The summed E-state index contributed by atoms with van der Waals surface area (Å²) in [5.74, 6) is -1.24. The number of anilines is 1. The van der Waals surface area contributed by atoms with Gasteiger partial charge in [0.05, 0.1) is 12.1 Å². The number of benzene rings is 1. The van der Waals surface area contributed by atoms with Crippen LogP contribution in [0.2, 0.25) is 0 Å². The maximum Gasteiger partial charge on any atom is 0.326 e. The summed E-state index contributed by atoms with van der Waals surface area (Å²) in [4.78, 5) is 37.1. The first-order valence-electron chi connectivity index (χ1n) is 7.65. The average molecular weight is 318 g/mol. The van der Waals surface area contributed by atoms with Gasteiger partial charge in [0.2, 0.25) is 5.91 Å². The number of likely N-dealkylation sites (tertiary alicyclic amines) is 1. The number of para-hydroxylation sites is 2. The number of carbonyl (C=O) groups is 3. The predicted octanol–water partition coefficient (Wildman–Crippen LogP) is 1.24. The average Bonchev–Trinajstić information content (AvgIpc) is 2.55. The van der Waals surface area contributed by atoms with Gasteiger partial charge in [0, 0.05) is 6.54 Å². The first-order chi connectivity index (χ1) is 11.1. The number of amides is 2. The Balaban J connectivity index is 1.70. The van der Waals surface area contributed by atoms with Gasteiger partial charge in [0.15, 0.2) is 6.10 Å². The Morgan fingerprint density at radius 1 is 1.30 bits per heavy atom. The van der Waals surface area contributed by atoms with Crippen LogP contribution in [-0.2, 0) is 14.4 Å². The van der Waals surface area contributed by atoms with Gasteiger partial charge in [-0.1, -0.05) is 12.1 Å². The molecule has 0 saturated carbocycles. The number of hydrogen-bond acceptors (Lipinski definition) is 4. The smallest absolute Gasteiger partial charge is 0.326 e. The number of carboxylic acid groups (broad SMARTS) is 1. The third-order valence-electron chi connectivity index (χ3n) is 4.17. The van der Waals surface area contributed by atoms with Crippen LogP contribution in [0.1, 0.15) is 25.7 Å². The van der Waals surface area contributed by atoms with Crippen LogP contribution in [0.15, 0.2) is 24.3 Å². The monoisotopic (exact) mass is 318 g/mol. The normalized spacial score (nSPS) is 23.5. The Labute approximate surface area is 133 Å². The zero-order valence-electron chi connectivity index (χ0n) is 12.5. The summed E-state index contributed by atoms with van der Waals surface area (Å²) in [6.07, 6.45) is 0.907. The summed E-state index contributed by atoms with van der Waals surface area (Å²) in [6.45, 7) is 0.403. The van der Waals surface area contributed by atoms with E-state index in [9.17, 15) is 19.5 Å². The van der Waals surface area contributed by atoms with Crippen molar-refractivity contribution < 1.29 is 24.2 Å². The molecule has 23 heavy (non-hydrogen) atoms. The van der Waals surface area contributed by atoms with Crippen LogP contribution in [-0.4, -0.2) is 46.5 Å². The molecule has 1 saturated heterocycles. The first-order valence-corrected chi connectivity index (χ1v) is 7.65. The maximum absolute atomic E-state index is 12.4. The van der Waals surface area contributed by atoms with Crippen molar-refractivity contribution >= 4 is 23.5 Å². The standard InChI is InChI=1S/C16H18N2O5/c19-14(18-8-4-3-6-11(18)16(21)22)9-13-15(20)17-10-5-1-2-7-12(10)23-13/h1-2,5,7,11,13H,3-4,6,8-9H2,(H,17,20)(H,21,22). The molecular formula is C16H18N2O5. The van der Waals surface area contributed by atoms with Crippen molar-refractivity contribution in [2.75, 3.05) is 11.9 Å². The molecule has 2 aliphatic heterocycles. The van der Waals surface area contributed by atoms with E-state index in [1.165, 1.54) is 4.90 Å². The molecule has 0 bridgehead atoms. The van der Waals surface area contributed by atoms with Gasteiger partial charge in [0.25, 0.3) is 5.91 Å². The molecule has 0 radical (unpaired) electrons. The highest BCUT2D eigenvalue weighted by atomic mass is 16.5. The number of nitrogens with zero attached hydrogens (tertiary/aromatic N) is 1. The van der Waals surface area contributed by atoms with Gasteiger partial charge in [-0.2, -0.15) is 0 Å². The third-order valence-corrected chi connectivity index (χ3v) is 4.17. The SMILES string of the molecule is O=C1Nc2ccccc2OC1CC(=O)N1CCCCC1C(=O)O. The van der Waals surface area contributed by atoms with Gasteiger partial charge in [-0.25, -0.2) is 4.79 Å². The number of hydrogen-bond donors (Lipinski definition) is 2. The van der Waals surface area contributed by atoms with Gasteiger partial charge in [-0.15, -0.1) is 0 Å². The molecule has 2 aliphatic rings. The minimum Gasteiger partial charge on any atom is -0.480 e. The molecule has 3 rings (SSSR count). The van der Waals surface area contributed by atoms with E-state index in [0.717, 1.165) is 12.8 Å². The molecular weight excluding hydrogens is 300 g/mol. The Morgan fingerprint density at radius 3 is 2.87 bits per heavy atom.